The first-order valence-corrected chi connectivity index (χ1v) is 7.76. The molecule has 5 heteroatoms. The molecule has 1 aliphatic carbocycles. The Morgan fingerprint density at radius 2 is 2.10 bits per heavy atom. The molecule has 1 heterocycles. The average molecular weight is 293 g/mol. The number of nitrogens with one attached hydrogen (secondary N) is 1. The average Bonchev–Trinajstić information content (AvgIpc) is 2.52. The highest BCUT2D eigenvalue weighted by molar-refractivity contribution is 5.11. The topological polar surface area (TPSA) is 56.3 Å². The van der Waals surface area contributed by atoms with Crippen molar-refractivity contribution >= 4 is 0 Å². The molecule has 0 amide bonds. The van der Waals surface area contributed by atoms with E-state index < -0.39 is 0 Å². The van der Waals surface area contributed by atoms with Gasteiger partial charge >= 0.3 is 0 Å². The lowest BCUT2D eigenvalue weighted by Crippen LogP contribution is -2.36. The fraction of sp³-hybridized carbons (Fsp3) is 0.750. The Morgan fingerprint density at radius 3 is 2.71 bits per heavy atom. The predicted molar refractivity (Wildman–Crippen MR) is 81.9 cm³/mol. The second-order valence-corrected chi connectivity index (χ2v) is 5.98. The molecule has 0 saturated heterocycles. The van der Waals surface area contributed by atoms with E-state index in [9.17, 15) is 0 Å². The van der Waals surface area contributed by atoms with Crippen molar-refractivity contribution in [2.75, 3.05) is 27.4 Å². The van der Waals surface area contributed by atoms with Gasteiger partial charge in [-0.25, -0.2) is 9.97 Å². The van der Waals surface area contributed by atoms with E-state index in [0.717, 1.165) is 37.3 Å². The maximum absolute atomic E-state index is 5.83. The molecule has 1 aromatic heterocycles. The smallest absolute Gasteiger partial charge is 0.160 e. The zero-order chi connectivity index (χ0) is 15.1. The minimum atomic E-state index is -0.292. The van der Waals surface area contributed by atoms with Gasteiger partial charge in [0.2, 0.25) is 0 Å². The van der Waals surface area contributed by atoms with Crippen LogP contribution >= 0.6 is 0 Å². The molecule has 5 nitrogen and oxygen atoms in total. The normalized spacial score (nSPS) is 26.0. The second kappa shape index (κ2) is 7.82. The largest absolute Gasteiger partial charge is 0.383 e. The lowest BCUT2D eigenvalue weighted by Gasteiger charge is -2.37. The van der Waals surface area contributed by atoms with E-state index >= 15 is 0 Å². The molecule has 2 unspecified atom stereocenters. The van der Waals surface area contributed by atoms with Gasteiger partial charge in [-0.2, -0.15) is 0 Å². The van der Waals surface area contributed by atoms with Crippen molar-refractivity contribution in [1.29, 1.82) is 0 Å². The Hall–Kier alpha value is -1.04. The highest BCUT2D eigenvalue weighted by atomic mass is 16.5. The molecule has 0 spiro atoms. The van der Waals surface area contributed by atoms with Crippen LogP contribution in [0.5, 0.6) is 0 Å². The van der Waals surface area contributed by atoms with Crippen LogP contribution in [0, 0.1) is 5.92 Å². The third-order valence-electron chi connectivity index (χ3n) is 4.27. The van der Waals surface area contributed by atoms with Crippen LogP contribution in [0.25, 0.3) is 0 Å². The molecule has 1 N–H and O–H groups in total. The summed E-state index contributed by atoms with van der Waals surface area (Å²) in [6.07, 6.45) is 8.28. The summed E-state index contributed by atoms with van der Waals surface area (Å²) in [6.45, 7) is 4.59. The molecule has 1 fully saturated rings. The number of hydrogen-bond donors (Lipinski definition) is 1. The SMILES string of the molecule is COCCNCc1cnc(C2(OC)CCCC(C)C2)nc1. The van der Waals surface area contributed by atoms with Gasteiger partial charge in [-0.05, 0) is 25.2 Å². The lowest BCUT2D eigenvalue weighted by molar-refractivity contribution is -0.0646. The molecule has 1 aromatic rings. The zero-order valence-electron chi connectivity index (χ0n) is 13.4. The summed E-state index contributed by atoms with van der Waals surface area (Å²) in [5.41, 5.74) is 0.796. The van der Waals surface area contributed by atoms with Gasteiger partial charge in [0.05, 0.1) is 6.61 Å². The van der Waals surface area contributed by atoms with Gasteiger partial charge in [-0.15, -0.1) is 0 Å². The van der Waals surface area contributed by atoms with Crippen molar-refractivity contribution in [3.8, 4) is 0 Å². The Morgan fingerprint density at radius 1 is 1.33 bits per heavy atom. The van der Waals surface area contributed by atoms with E-state index in [1.165, 1.54) is 12.8 Å². The maximum atomic E-state index is 5.83. The standard InChI is InChI=1S/C16H27N3O2/c1-13-5-4-6-16(9-13,21-3)15-18-11-14(12-19-15)10-17-7-8-20-2/h11-13,17H,4-10H2,1-3H3. The molecule has 0 aromatic carbocycles. The van der Waals surface area contributed by atoms with E-state index in [4.69, 9.17) is 9.47 Å². The Kier molecular flexibility index (Phi) is 6.08. The van der Waals surface area contributed by atoms with Gasteiger partial charge in [0.25, 0.3) is 0 Å². The van der Waals surface area contributed by atoms with Crippen LogP contribution in [0.1, 0.15) is 44.0 Å². The van der Waals surface area contributed by atoms with Crippen molar-refractivity contribution in [1.82, 2.24) is 15.3 Å². The van der Waals surface area contributed by atoms with Crippen LogP contribution in [0.4, 0.5) is 0 Å². The first-order chi connectivity index (χ1) is 10.2. The first-order valence-electron chi connectivity index (χ1n) is 7.76. The number of ether oxygens (including phenoxy) is 2. The van der Waals surface area contributed by atoms with E-state index in [0.29, 0.717) is 12.5 Å². The Balaban J connectivity index is 1.99. The molecular weight excluding hydrogens is 266 g/mol. The summed E-state index contributed by atoms with van der Waals surface area (Å²) < 4.78 is 10.8. The molecule has 1 saturated carbocycles. The van der Waals surface area contributed by atoms with Crippen LogP contribution in [0.15, 0.2) is 12.4 Å². The van der Waals surface area contributed by atoms with Crippen LogP contribution < -0.4 is 5.32 Å². The number of aromatic nitrogens is 2. The van der Waals surface area contributed by atoms with Crippen molar-refractivity contribution < 1.29 is 9.47 Å². The minimum absolute atomic E-state index is 0.292. The highest BCUT2D eigenvalue weighted by Gasteiger charge is 2.39. The quantitative estimate of drug-likeness (QED) is 0.782. The summed E-state index contributed by atoms with van der Waals surface area (Å²) >= 11 is 0. The Labute approximate surface area is 127 Å². The van der Waals surface area contributed by atoms with Crippen LogP contribution in [0.3, 0.4) is 0 Å². The Bertz CT molecular complexity index is 424. The number of rotatable bonds is 7. The summed E-state index contributed by atoms with van der Waals surface area (Å²) in [5, 5.41) is 3.30. The second-order valence-electron chi connectivity index (χ2n) is 5.98. The monoisotopic (exact) mass is 293 g/mol. The molecule has 0 aliphatic heterocycles. The van der Waals surface area contributed by atoms with Crippen molar-refractivity contribution in [3.05, 3.63) is 23.8 Å². The maximum Gasteiger partial charge on any atom is 0.160 e. The molecule has 21 heavy (non-hydrogen) atoms. The van der Waals surface area contributed by atoms with Gasteiger partial charge in [-0.3, -0.25) is 0 Å². The summed E-state index contributed by atoms with van der Waals surface area (Å²) in [7, 11) is 3.48. The molecule has 1 aliphatic rings. The number of hydrogen-bond acceptors (Lipinski definition) is 5. The van der Waals surface area contributed by atoms with Crippen molar-refractivity contribution in [3.63, 3.8) is 0 Å². The van der Waals surface area contributed by atoms with Crippen molar-refractivity contribution in [2.45, 2.75) is 44.8 Å². The summed E-state index contributed by atoms with van der Waals surface area (Å²) in [4.78, 5) is 9.14. The molecular formula is C16H27N3O2. The fourth-order valence-corrected chi connectivity index (χ4v) is 3.07. The summed E-state index contributed by atoms with van der Waals surface area (Å²) in [5.74, 6) is 1.50. The lowest BCUT2D eigenvalue weighted by atomic mass is 9.78. The molecule has 118 valence electrons. The van der Waals surface area contributed by atoms with Gasteiger partial charge in [0.1, 0.15) is 5.60 Å². The first kappa shape index (κ1) is 16.3. The van der Waals surface area contributed by atoms with Gasteiger partial charge in [0.15, 0.2) is 5.82 Å². The molecule has 0 radical (unpaired) electrons. The highest BCUT2D eigenvalue weighted by Crippen LogP contribution is 2.40. The van der Waals surface area contributed by atoms with Crippen LogP contribution in [0.2, 0.25) is 0 Å². The van der Waals surface area contributed by atoms with E-state index in [-0.39, 0.29) is 5.60 Å². The molecule has 0 bridgehead atoms. The fourth-order valence-electron chi connectivity index (χ4n) is 3.07. The molecule has 2 rings (SSSR count). The van der Waals surface area contributed by atoms with Crippen LogP contribution in [-0.2, 0) is 21.6 Å². The van der Waals surface area contributed by atoms with E-state index in [1.54, 1.807) is 14.2 Å². The van der Waals surface area contributed by atoms with Gasteiger partial charge in [-0.1, -0.05) is 13.3 Å². The molecule has 2 atom stereocenters. The van der Waals surface area contributed by atoms with Gasteiger partial charge in [0, 0.05) is 45.3 Å². The third kappa shape index (κ3) is 4.22. The number of methoxy groups -OCH3 is 2. The number of nitrogens with zero attached hydrogens (tertiary/aromatic N) is 2. The van der Waals surface area contributed by atoms with Crippen molar-refractivity contribution in [2.24, 2.45) is 5.92 Å². The third-order valence-corrected chi connectivity index (χ3v) is 4.27. The van der Waals surface area contributed by atoms with E-state index in [2.05, 4.69) is 22.2 Å². The van der Waals surface area contributed by atoms with Crippen LogP contribution in [-0.4, -0.2) is 37.3 Å². The predicted octanol–water partition coefficient (Wildman–Crippen LogP) is 2.26. The zero-order valence-corrected chi connectivity index (χ0v) is 13.4. The van der Waals surface area contributed by atoms with E-state index in [1.807, 2.05) is 12.4 Å². The van der Waals surface area contributed by atoms with Gasteiger partial charge < -0.3 is 14.8 Å². The minimum Gasteiger partial charge on any atom is -0.383 e. The summed E-state index contributed by atoms with van der Waals surface area (Å²) in [6, 6.07) is 0.